The predicted molar refractivity (Wildman–Crippen MR) is 101 cm³/mol. The Balaban J connectivity index is 2.35. The van der Waals surface area contributed by atoms with Crippen molar-refractivity contribution in [3.63, 3.8) is 0 Å². The number of hydrogen-bond donors (Lipinski definition) is 0. The maximum atomic E-state index is 11.3. The molecular weight excluding hydrogens is 320 g/mol. The monoisotopic (exact) mass is 358 g/mol. The molecule has 1 aliphatic heterocycles. The lowest BCUT2D eigenvalue weighted by molar-refractivity contribution is -0.162. The molecule has 0 spiro atoms. The van der Waals surface area contributed by atoms with Gasteiger partial charge in [-0.1, -0.05) is 27.7 Å². The molecule has 0 aliphatic carbocycles. The van der Waals surface area contributed by atoms with E-state index in [1.807, 2.05) is 6.92 Å². The van der Waals surface area contributed by atoms with Crippen LogP contribution in [0.3, 0.4) is 0 Å². The van der Waals surface area contributed by atoms with E-state index in [1.165, 1.54) is 6.42 Å². The zero-order valence-electron chi connectivity index (χ0n) is 16.2. The summed E-state index contributed by atoms with van der Waals surface area (Å²) in [6.07, 6.45) is 7.49. The van der Waals surface area contributed by atoms with Gasteiger partial charge in [0.1, 0.15) is 6.29 Å². The van der Waals surface area contributed by atoms with Gasteiger partial charge in [0.2, 0.25) is 0 Å². The van der Waals surface area contributed by atoms with Gasteiger partial charge in [-0.05, 0) is 56.7 Å². The fourth-order valence-corrected chi connectivity index (χ4v) is 6.32. The third-order valence-electron chi connectivity index (χ3n) is 5.46. The molecule has 142 valence electrons. The number of aldehydes is 1. The summed E-state index contributed by atoms with van der Waals surface area (Å²) in [5, 5.41) is 0. The van der Waals surface area contributed by atoms with E-state index in [4.69, 9.17) is 13.9 Å². The van der Waals surface area contributed by atoms with Crippen LogP contribution in [0.2, 0.25) is 18.1 Å². The van der Waals surface area contributed by atoms with Crippen LogP contribution in [0, 0.1) is 5.92 Å². The largest absolute Gasteiger partial charge is 0.413 e. The van der Waals surface area contributed by atoms with Crippen LogP contribution in [-0.4, -0.2) is 40.2 Å². The molecule has 1 saturated heterocycles. The fourth-order valence-electron chi connectivity index (χ4n) is 3.34. The van der Waals surface area contributed by atoms with Crippen LogP contribution >= 0.6 is 0 Å². The first kappa shape index (κ1) is 21.8. The molecule has 0 aromatic heterocycles. The van der Waals surface area contributed by atoms with Gasteiger partial charge in [-0.3, -0.25) is 0 Å². The molecular formula is C19H38O4Si. The van der Waals surface area contributed by atoms with Crippen molar-refractivity contribution < 1.29 is 18.7 Å². The van der Waals surface area contributed by atoms with Gasteiger partial charge >= 0.3 is 0 Å². The van der Waals surface area contributed by atoms with Gasteiger partial charge in [0.15, 0.2) is 14.6 Å². The minimum Gasteiger partial charge on any atom is -0.413 e. The zero-order valence-corrected chi connectivity index (χ0v) is 17.2. The van der Waals surface area contributed by atoms with E-state index < -0.39 is 8.32 Å². The summed E-state index contributed by atoms with van der Waals surface area (Å²) in [6, 6.07) is 3.39. The lowest BCUT2D eigenvalue weighted by atomic mass is 10.0. The normalized spacial score (nSPS) is 21.4. The molecule has 1 unspecified atom stereocenters. The fraction of sp³-hybridized carbons (Fsp3) is 0.947. The summed E-state index contributed by atoms with van der Waals surface area (Å²) < 4.78 is 18.0. The summed E-state index contributed by atoms with van der Waals surface area (Å²) >= 11 is 0. The molecule has 1 rings (SSSR count). The van der Waals surface area contributed by atoms with Crippen molar-refractivity contribution in [3.8, 4) is 0 Å². The standard InChI is InChI=1S/C19H38O4Si/c1-5-24(6-2,7-3)23-18(17(4)16-20)12-8-10-14-21-19-13-9-11-15-22-19/h16-19H,5-15H2,1-4H3/t17-,18-,19?/m1/s1. The third-order valence-corrected chi connectivity index (χ3v) is 10.1. The first-order valence-corrected chi connectivity index (χ1v) is 12.5. The van der Waals surface area contributed by atoms with Crippen molar-refractivity contribution >= 4 is 14.6 Å². The second kappa shape index (κ2) is 12.2. The molecule has 1 heterocycles. The molecule has 3 atom stereocenters. The number of ether oxygens (including phenoxy) is 2. The van der Waals surface area contributed by atoms with Crippen LogP contribution in [0.5, 0.6) is 0 Å². The van der Waals surface area contributed by atoms with Crippen LogP contribution < -0.4 is 0 Å². The van der Waals surface area contributed by atoms with Crippen molar-refractivity contribution in [1.29, 1.82) is 0 Å². The lowest BCUT2D eigenvalue weighted by Gasteiger charge is -2.35. The van der Waals surface area contributed by atoms with Crippen LogP contribution in [0.1, 0.15) is 66.2 Å². The Bertz CT molecular complexity index is 319. The molecule has 0 aromatic carbocycles. The average Bonchev–Trinajstić information content (AvgIpc) is 2.64. The molecule has 0 radical (unpaired) electrons. The molecule has 5 heteroatoms. The first-order valence-electron chi connectivity index (χ1n) is 9.97. The Hall–Kier alpha value is -0.233. The van der Waals surface area contributed by atoms with E-state index in [1.54, 1.807) is 0 Å². The Labute approximate surface area is 149 Å². The summed E-state index contributed by atoms with van der Waals surface area (Å²) in [4.78, 5) is 11.3. The van der Waals surface area contributed by atoms with Crippen LogP contribution in [0.15, 0.2) is 0 Å². The van der Waals surface area contributed by atoms with Gasteiger partial charge in [0.05, 0.1) is 6.10 Å². The topological polar surface area (TPSA) is 44.8 Å². The van der Waals surface area contributed by atoms with Crippen LogP contribution in [0.25, 0.3) is 0 Å². The number of unbranched alkanes of at least 4 members (excludes halogenated alkanes) is 1. The van der Waals surface area contributed by atoms with Gasteiger partial charge in [-0.25, -0.2) is 0 Å². The van der Waals surface area contributed by atoms with Gasteiger partial charge in [0, 0.05) is 19.1 Å². The van der Waals surface area contributed by atoms with E-state index in [-0.39, 0.29) is 18.3 Å². The molecule has 1 aliphatic rings. The van der Waals surface area contributed by atoms with E-state index in [2.05, 4.69) is 20.8 Å². The number of carbonyl (C=O) groups excluding carboxylic acids is 1. The van der Waals surface area contributed by atoms with Gasteiger partial charge in [0.25, 0.3) is 0 Å². The maximum absolute atomic E-state index is 11.3. The van der Waals surface area contributed by atoms with Gasteiger partial charge < -0.3 is 18.7 Å². The highest BCUT2D eigenvalue weighted by molar-refractivity contribution is 6.73. The number of hydrogen-bond acceptors (Lipinski definition) is 4. The molecule has 0 amide bonds. The van der Waals surface area contributed by atoms with Gasteiger partial charge in [-0.15, -0.1) is 0 Å². The summed E-state index contributed by atoms with van der Waals surface area (Å²) in [7, 11) is -1.66. The predicted octanol–water partition coefficient (Wildman–Crippen LogP) is 4.93. The highest BCUT2D eigenvalue weighted by Gasteiger charge is 2.33. The molecule has 0 bridgehead atoms. The van der Waals surface area contributed by atoms with Crippen LogP contribution in [-0.2, 0) is 18.7 Å². The quantitative estimate of drug-likeness (QED) is 0.266. The van der Waals surface area contributed by atoms with Crippen molar-refractivity contribution in [2.24, 2.45) is 5.92 Å². The number of carbonyl (C=O) groups is 1. The highest BCUT2D eigenvalue weighted by Crippen LogP contribution is 2.27. The molecule has 4 nitrogen and oxygen atoms in total. The minimum absolute atomic E-state index is 0.0000250. The van der Waals surface area contributed by atoms with Crippen molar-refractivity contribution in [3.05, 3.63) is 0 Å². The number of rotatable bonds is 13. The smallest absolute Gasteiger partial charge is 0.192 e. The van der Waals surface area contributed by atoms with Crippen molar-refractivity contribution in [2.45, 2.75) is 96.7 Å². The Morgan fingerprint density at radius 1 is 1.17 bits per heavy atom. The Morgan fingerprint density at radius 3 is 2.42 bits per heavy atom. The highest BCUT2D eigenvalue weighted by atomic mass is 28.4. The molecule has 24 heavy (non-hydrogen) atoms. The van der Waals surface area contributed by atoms with Gasteiger partial charge in [-0.2, -0.15) is 0 Å². The van der Waals surface area contributed by atoms with E-state index in [9.17, 15) is 4.79 Å². The van der Waals surface area contributed by atoms with Crippen LogP contribution in [0.4, 0.5) is 0 Å². The molecule has 0 aromatic rings. The van der Waals surface area contributed by atoms with E-state index in [0.29, 0.717) is 0 Å². The SMILES string of the molecule is CC[Si](CC)(CC)O[C@H](CCCCOC1CCCCO1)[C@H](C)C=O. The first-order chi connectivity index (χ1) is 11.6. The summed E-state index contributed by atoms with van der Waals surface area (Å²) in [6.45, 7) is 10.3. The third kappa shape index (κ3) is 7.34. The lowest BCUT2D eigenvalue weighted by Crippen LogP contribution is -2.42. The molecule has 0 N–H and O–H groups in total. The second-order valence-corrected chi connectivity index (χ2v) is 11.8. The zero-order chi connectivity index (χ0) is 17.8. The average molecular weight is 359 g/mol. The van der Waals surface area contributed by atoms with Crippen molar-refractivity contribution in [2.75, 3.05) is 13.2 Å². The maximum Gasteiger partial charge on any atom is 0.192 e. The Kier molecular flexibility index (Phi) is 11.1. The summed E-state index contributed by atoms with van der Waals surface area (Å²) in [5.41, 5.74) is 0. The molecule has 0 saturated carbocycles. The second-order valence-electron chi connectivity index (χ2n) is 7.06. The summed E-state index contributed by atoms with van der Waals surface area (Å²) in [5.74, 6) is -0.0240. The van der Waals surface area contributed by atoms with Crippen molar-refractivity contribution in [1.82, 2.24) is 0 Å². The molecule has 1 fully saturated rings. The van der Waals surface area contributed by atoms with E-state index in [0.717, 1.165) is 69.7 Å². The minimum atomic E-state index is -1.66. The van der Waals surface area contributed by atoms with E-state index >= 15 is 0 Å². The Morgan fingerprint density at radius 2 is 1.88 bits per heavy atom.